The molecule has 1 aromatic heterocycles. The van der Waals surface area contributed by atoms with Gasteiger partial charge in [0.05, 0.1) is 12.1 Å². The summed E-state index contributed by atoms with van der Waals surface area (Å²) in [5.74, 6) is -1.81. The summed E-state index contributed by atoms with van der Waals surface area (Å²) in [7, 11) is 0. The zero-order chi connectivity index (χ0) is 27.9. The van der Waals surface area contributed by atoms with Crippen LogP contribution in [0.1, 0.15) is 57.6 Å². The minimum atomic E-state index is -1.07. The number of aryl methyl sites for hydroxylation is 1. The molecule has 0 saturated carbocycles. The summed E-state index contributed by atoms with van der Waals surface area (Å²) in [6, 6.07) is 18.5. The van der Waals surface area contributed by atoms with Crippen molar-refractivity contribution in [2.75, 3.05) is 0 Å². The van der Waals surface area contributed by atoms with Gasteiger partial charge in [-0.2, -0.15) is 0 Å². The Morgan fingerprint density at radius 3 is 2.36 bits per heavy atom. The number of hydroxylamine groups is 1. The van der Waals surface area contributed by atoms with E-state index in [0.717, 1.165) is 29.4 Å². The molecule has 9 nitrogen and oxygen atoms in total. The van der Waals surface area contributed by atoms with Crippen molar-refractivity contribution in [2.24, 2.45) is 0 Å². The minimum Gasteiger partial charge on any atom is -0.478 e. The molecule has 202 valence electrons. The lowest BCUT2D eigenvalue weighted by Crippen LogP contribution is -2.47. The van der Waals surface area contributed by atoms with Gasteiger partial charge in [-0.05, 0) is 34.4 Å². The molecule has 0 radical (unpaired) electrons. The second-order valence-electron chi connectivity index (χ2n) is 9.17. The molecule has 2 amide bonds. The Bertz CT molecular complexity index is 1500. The van der Waals surface area contributed by atoms with E-state index in [2.05, 4.69) is 10.3 Å². The number of hydrogen-bond acceptors (Lipinski definition) is 5. The number of fused-ring (bicyclic) bond motifs is 1. The van der Waals surface area contributed by atoms with Crippen molar-refractivity contribution in [2.45, 2.75) is 45.2 Å². The summed E-state index contributed by atoms with van der Waals surface area (Å²) in [6.45, 7) is 2.25. The molecule has 0 unspecified atom stereocenters. The Morgan fingerprint density at radius 1 is 1.00 bits per heavy atom. The molecule has 0 aliphatic carbocycles. The summed E-state index contributed by atoms with van der Waals surface area (Å²) >= 11 is 6.51. The van der Waals surface area contributed by atoms with E-state index in [1.807, 2.05) is 49.4 Å². The maximum atomic E-state index is 13.6. The topological polar surface area (TPSA) is 134 Å². The van der Waals surface area contributed by atoms with E-state index in [4.69, 9.17) is 11.6 Å². The maximum absolute atomic E-state index is 13.6. The number of aromatic carboxylic acids is 1. The van der Waals surface area contributed by atoms with Gasteiger partial charge >= 0.3 is 5.97 Å². The summed E-state index contributed by atoms with van der Waals surface area (Å²) in [5, 5.41) is 22.9. The first-order chi connectivity index (χ1) is 18.8. The number of carboxylic acids is 1. The third-order valence-electron chi connectivity index (χ3n) is 6.56. The number of hydrogen-bond donors (Lipinski definition) is 4. The van der Waals surface area contributed by atoms with Gasteiger partial charge < -0.3 is 15.0 Å². The Balaban J connectivity index is 1.73. The first-order valence-electron chi connectivity index (χ1n) is 12.6. The third-order valence-corrected chi connectivity index (χ3v) is 6.82. The van der Waals surface area contributed by atoms with Gasteiger partial charge in [-0.3, -0.25) is 14.8 Å². The molecule has 0 spiro atoms. The van der Waals surface area contributed by atoms with Crippen molar-refractivity contribution >= 4 is 40.2 Å². The number of unbranched alkanes of at least 4 members (excludes halogenated alkanes) is 1. The SMILES string of the molecule is CCCCc1nc(Cl)c(C(=O)N[C@@H](Cc2ccccc2)C(=O)NO)n1Cc1ccc(C(=O)O)c2ccccc12. The highest BCUT2D eigenvalue weighted by Crippen LogP contribution is 2.27. The summed E-state index contributed by atoms with van der Waals surface area (Å²) < 4.78 is 1.71. The Hall–Kier alpha value is -4.21. The number of amides is 2. The Labute approximate surface area is 230 Å². The molecular formula is C29H29ClN4O5. The summed E-state index contributed by atoms with van der Waals surface area (Å²) in [4.78, 5) is 42.3. The van der Waals surface area contributed by atoms with Gasteiger partial charge in [-0.1, -0.05) is 85.6 Å². The van der Waals surface area contributed by atoms with Crippen molar-refractivity contribution < 1.29 is 24.7 Å². The number of carbonyl (C=O) groups is 3. The first kappa shape index (κ1) is 27.8. The van der Waals surface area contributed by atoms with Crippen LogP contribution in [0.25, 0.3) is 10.8 Å². The van der Waals surface area contributed by atoms with Crippen LogP contribution < -0.4 is 10.8 Å². The normalized spacial score (nSPS) is 11.8. The third kappa shape index (κ3) is 6.27. The molecule has 1 heterocycles. The number of carbonyl (C=O) groups excluding carboxylic acids is 2. The fourth-order valence-electron chi connectivity index (χ4n) is 4.60. The average Bonchev–Trinajstić information content (AvgIpc) is 3.25. The second-order valence-corrected chi connectivity index (χ2v) is 9.53. The largest absolute Gasteiger partial charge is 0.478 e. The number of nitrogens with zero attached hydrogens (tertiary/aromatic N) is 2. The lowest BCUT2D eigenvalue weighted by Gasteiger charge is -2.19. The first-order valence-corrected chi connectivity index (χ1v) is 13.0. The van der Waals surface area contributed by atoms with Crippen LogP contribution in [-0.2, 0) is 24.2 Å². The fourth-order valence-corrected chi connectivity index (χ4v) is 4.88. The van der Waals surface area contributed by atoms with Gasteiger partial charge in [0, 0.05) is 12.8 Å². The van der Waals surface area contributed by atoms with Crippen molar-refractivity contribution in [3.8, 4) is 0 Å². The highest BCUT2D eigenvalue weighted by atomic mass is 35.5. The van der Waals surface area contributed by atoms with E-state index in [1.54, 1.807) is 34.3 Å². The van der Waals surface area contributed by atoms with Crippen LogP contribution in [0.4, 0.5) is 0 Å². The number of benzene rings is 3. The molecule has 0 saturated heterocycles. The van der Waals surface area contributed by atoms with Gasteiger partial charge in [-0.25, -0.2) is 15.3 Å². The van der Waals surface area contributed by atoms with Gasteiger partial charge in [-0.15, -0.1) is 0 Å². The van der Waals surface area contributed by atoms with Gasteiger partial charge in [0.15, 0.2) is 5.15 Å². The quantitative estimate of drug-likeness (QED) is 0.159. The lowest BCUT2D eigenvalue weighted by atomic mass is 9.99. The predicted octanol–water partition coefficient (Wildman–Crippen LogP) is 4.63. The maximum Gasteiger partial charge on any atom is 0.336 e. The number of halogens is 1. The molecule has 10 heteroatoms. The van der Waals surface area contributed by atoms with Crippen molar-refractivity contribution in [1.82, 2.24) is 20.3 Å². The molecule has 1 atom stereocenters. The van der Waals surface area contributed by atoms with Crippen molar-refractivity contribution in [1.29, 1.82) is 0 Å². The molecule has 4 rings (SSSR count). The van der Waals surface area contributed by atoms with Crippen molar-refractivity contribution in [3.05, 3.63) is 100 Å². The molecule has 0 aliphatic heterocycles. The Morgan fingerprint density at radius 2 is 1.69 bits per heavy atom. The number of rotatable bonds is 11. The zero-order valence-corrected chi connectivity index (χ0v) is 22.1. The van der Waals surface area contributed by atoms with Crippen LogP contribution in [0.2, 0.25) is 5.15 Å². The molecule has 0 bridgehead atoms. The summed E-state index contributed by atoms with van der Waals surface area (Å²) in [6.07, 6.45) is 2.43. The van der Waals surface area contributed by atoms with Crippen LogP contribution >= 0.6 is 11.6 Å². The molecule has 4 N–H and O–H groups in total. The monoisotopic (exact) mass is 548 g/mol. The van der Waals surface area contributed by atoms with E-state index in [0.29, 0.717) is 17.6 Å². The molecule has 3 aromatic carbocycles. The highest BCUT2D eigenvalue weighted by Gasteiger charge is 2.27. The van der Waals surface area contributed by atoms with Gasteiger partial charge in [0.1, 0.15) is 17.6 Å². The summed E-state index contributed by atoms with van der Waals surface area (Å²) in [5.41, 5.74) is 3.46. The van der Waals surface area contributed by atoms with Crippen LogP contribution in [0.3, 0.4) is 0 Å². The van der Waals surface area contributed by atoms with E-state index in [1.165, 1.54) is 0 Å². The molecular weight excluding hydrogens is 520 g/mol. The van der Waals surface area contributed by atoms with E-state index in [-0.39, 0.29) is 29.4 Å². The van der Waals surface area contributed by atoms with Crippen LogP contribution in [0.5, 0.6) is 0 Å². The zero-order valence-electron chi connectivity index (χ0n) is 21.4. The predicted molar refractivity (Wildman–Crippen MR) is 147 cm³/mol. The number of aromatic nitrogens is 2. The molecule has 4 aromatic rings. The Kier molecular flexibility index (Phi) is 8.96. The molecule has 39 heavy (non-hydrogen) atoms. The van der Waals surface area contributed by atoms with E-state index < -0.39 is 23.8 Å². The van der Waals surface area contributed by atoms with Crippen molar-refractivity contribution in [3.63, 3.8) is 0 Å². The van der Waals surface area contributed by atoms with E-state index >= 15 is 0 Å². The standard InChI is InChI=1S/C29H29ClN4O5/c1-2-3-13-24-32-26(30)25(28(36)31-23(27(35)33-39)16-18-9-5-4-6-10-18)34(24)17-19-14-15-22(29(37)38)21-12-8-7-11-20(19)21/h4-12,14-15,23,39H,2-3,13,16-17H2,1H3,(H,31,36)(H,33,35)(H,37,38)/t23-/m0/s1. The van der Waals surface area contributed by atoms with Crippen LogP contribution in [0, 0.1) is 0 Å². The number of imidazole rings is 1. The average molecular weight is 549 g/mol. The fraction of sp³-hybridized carbons (Fsp3) is 0.241. The van der Waals surface area contributed by atoms with Gasteiger partial charge in [0.2, 0.25) is 0 Å². The van der Waals surface area contributed by atoms with Gasteiger partial charge in [0.25, 0.3) is 11.8 Å². The second kappa shape index (κ2) is 12.6. The lowest BCUT2D eigenvalue weighted by molar-refractivity contribution is -0.131. The number of carboxylic acid groups (broad SMARTS) is 1. The minimum absolute atomic E-state index is 0.00654. The van der Waals surface area contributed by atoms with Crippen LogP contribution in [0.15, 0.2) is 66.7 Å². The smallest absolute Gasteiger partial charge is 0.336 e. The molecule has 0 aliphatic rings. The van der Waals surface area contributed by atoms with Crippen LogP contribution in [-0.4, -0.2) is 43.7 Å². The highest BCUT2D eigenvalue weighted by molar-refractivity contribution is 6.32. The van der Waals surface area contributed by atoms with E-state index in [9.17, 15) is 24.7 Å². The number of nitrogens with one attached hydrogen (secondary N) is 2. The molecule has 0 fully saturated rings.